The fourth-order valence-corrected chi connectivity index (χ4v) is 2.95. The fraction of sp³-hybridized carbons (Fsp3) is 0.778. The molecule has 0 radical (unpaired) electrons. The predicted octanol–water partition coefficient (Wildman–Crippen LogP) is 5.06. The molecule has 3 heteroatoms. The van der Waals surface area contributed by atoms with E-state index in [0.29, 0.717) is 9.93 Å². The first-order valence-corrected chi connectivity index (χ1v) is 8.31. The molecule has 0 spiro atoms. The topological polar surface area (TPSA) is 20.3 Å². The molecule has 0 fully saturated rings. The smallest absolute Gasteiger partial charge is 0.204 e. The summed E-state index contributed by atoms with van der Waals surface area (Å²) in [6, 6.07) is 0. The second-order valence-electron chi connectivity index (χ2n) is 8.59. The third-order valence-corrected chi connectivity index (χ3v) is 4.83. The van der Waals surface area contributed by atoms with Gasteiger partial charge in [0, 0.05) is 19.2 Å². The highest BCUT2D eigenvalue weighted by Gasteiger charge is 2.31. The van der Waals surface area contributed by atoms with Crippen LogP contribution in [0.3, 0.4) is 0 Å². The minimum Gasteiger partial charge on any atom is -0.373 e. The summed E-state index contributed by atoms with van der Waals surface area (Å²) in [6.07, 6.45) is 2.30. The van der Waals surface area contributed by atoms with Crippen molar-refractivity contribution in [3.63, 3.8) is 0 Å². The van der Waals surface area contributed by atoms with Gasteiger partial charge in [-0.3, -0.25) is 4.79 Å². The van der Waals surface area contributed by atoms with Crippen molar-refractivity contribution in [1.29, 1.82) is 0 Å². The van der Waals surface area contributed by atoms with Gasteiger partial charge in [-0.15, -0.1) is 0 Å². The molecule has 0 bridgehead atoms. The van der Waals surface area contributed by atoms with Gasteiger partial charge in [0.2, 0.25) is 5.43 Å². The molecule has 120 valence electrons. The molecule has 0 saturated heterocycles. The molecule has 0 saturated carbocycles. The molecule has 1 aromatic carbocycles. The summed E-state index contributed by atoms with van der Waals surface area (Å²) in [6.45, 7) is 16.4. The van der Waals surface area contributed by atoms with Crippen LogP contribution in [0.2, 0.25) is 0 Å². The molecule has 21 heavy (non-hydrogen) atoms. The Morgan fingerprint density at radius 1 is 1.14 bits per heavy atom. The van der Waals surface area contributed by atoms with E-state index in [2.05, 4.69) is 60.4 Å². The van der Waals surface area contributed by atoms with Crippen LogP contribution in [-0.4, -0.2) is 13.6 Å². The van der Waals surface area contributed by atoms with Crippen molar-refractivity contribution in [3.8, 4) is 0 Å². The SMILES string of the molecule is CC(c1c(N(C)CCCC(C)(C)C)c(=S)c1=O)C(C)(C)C. The maximum atomic E-state index is 12.2. The van der Waals surface area contributed by atoms with Crippen LogP contribution in [-0.2, 0) is 0 Å². The number of rotatable bonds is 5. The first kappa shape index (κ1) is 18.3. The van der Waals surface area contributed by atoms with Crippen molar-refractivity contribution in [2.75, 3.05) is 18.5 Å². The molecule has 1 aromatic rings. The summed E-state index contributed by atoms with van der Waals surface area (Å²) in [5.41, 5.74) is 2.48. The van der Waals surface area contributed by atoms with Crippen LogP contribution in [0.25, 0.3) is 0 Å². The van der Waals surface area contributed by atoms with Gasteiger partial charge >= 0.3 is 0 Å². The zero-order valence-corrected chi connectivity index (χ0v) is 15.8. The average molecular weight is 310 g/mol. The van der Waals surface area contributed by atoms with Crippen molar-refractivity contribution in [3.05, 3.63) is 20.3 Å². The maximum Gasteiger partial charge on any atom is 0.204 e. The Bertz CT molecular complexity index is 553. The Kier molecular flexibility index (Phi) is 5.41. The Morgan fingerprint density at radius 2 is 1.67 bits per heavy atom. The highest BCUT2D eigenvalue weighted by atomic mass is 32.1. The van der Waals surface area contributed by atoms with Crippen LogP contribution < -0.4 is 10.3 Å². The van der Waals surface area contributed by atoms with Gasteiger partial charge < -0.3 is 4.90 Å². The van der Waals surface area contributed by atoms with Gasteiger partial charge in [0.25, 0.3) is 0 Å². The monoisotopic (exact) mass is 309 g/mol. The van der Waals surface area contributed by atoms with Crippen molar-refractivity contribution < 1.29 is 0 Å². The fourth-order valence-electron chi connectivity index (χ4n) is 2.57. The minimum atomic E-state index is 0.0819. The summed E-state index contributed by atoms with van der Waals surface area (Å²) in [5, 5.41) is 0. The van der Waals surface area contributed by atoms with Crippen LogP contribution in [0.4, 0.5) is 5.69 Å². The van der Waals surface area contributed by atoms with E-state index in [9.17, 15) is 4.79 Å². The van der Waals surface area contributed by atoms with Gasteiger partial charge in [-0.2, -0.15) is 0 Å². The van der Waals surface area contributed by atoms with Gasteiger partial charge in [-0.05, 0) is 29.6 Å². The number of nitrogens with zero attached hydrogens (tertiary/aromatic N) is 1. The molecule has 1 unspecified atom stereocenters. The molecule has 0 N–H and O–H groups in total. The Balaban J connectivity index is 2.87. The van der Waals surface area contributed by atoms with Crippen LogP contribution in [0.1, 0.15) is 72.8 Å². The van der Waals surface area contributed by atoms with Gasteiger partial charge in [-0.25, -0.2) is 0 Å². The van der Waals surface area contributed by atoms with E-state index in [1.165, 1.54) is 6.42 Å². The van der Waals surface area contributed by atoms with Gasteiger partial charge in [0.15, 0.2) is 0 Å². The molecule has 2 nitrogen and oxygen atoms in total. The van der Waals surface area contributed by atoms with E-state index >= 15 is 0 Å². The Labute approximate surface area is 135 Å². The van der Waals surface area contributed by atoms with E-state index in [-0.39, 0.29) is 16.8 Å². The predicted molar refractivity (Wildman–Crippen MR) is 95.7 cm³/mol. The zero-order valence-electron chi connectivity index (χ0n) is 15.0. The van der Waals surface area contributed by atoms with E-state index in [1.54, 1.807) is 0 Å². The Hall–Kier alpha value is -0.700. The van der Waals surface area contributed by atoms with Crippen LogP contribution >= 0.6 is 12.2 Å². The van der Waals surface area contributed by atoms with E-state index in [4.69, 9.17) is 12.2 Å². The molecular weight excluding hydrogens is 278 g/mol. The zero-order chi connectivity index (χ0) is 16.6. The van der Waals surface area contributed by atoms with Crippen molar-refractivity contribution >= 4 is 17.9 Å². The number of anilines is 1. The molecule has 0 heterocycles. The van der Waals surface area contributed by atoms with E-state index in [0.717, 1.165) is 24.2 Å². The standard InChI is InChI=1S/C18H31NOS/c1-12(18(5,6)7)13-14(16(21)15(13)20)19(8)11-9-10-17(2,3)4/h12H,9-11H2,1-8H3. The first-order chi connectivity index (χ1) is 9.36. The van der Waals surface area contributed by atoms with E-state index < -0.39 is 0 Å². The first-order valence-electron chi connectivity index (χ1n) is 7.90. The minimum absolute atomic E-state index is 0.0819. The molecule has 0 aromatic heterocycles. The molecule has 1 rings (SSSR count). The van der Waals surface area contributed by atoms with Gasteiger partial charge in [0.1, 0.15) is 4.51 Å². The normalized spacial score (nSPS) is 14.5. The molecule has 0 aliphatic carbocycles. The summed E-state index contributed by atoms with van der Waals surface area (Å²) >= 11 is 5.30. The third-order valence-electron chi connectivity index (χ3n) is 4.46. The van der Waals surface area contributed by atoms with Crippen molar-refractivity contribution in [2.45, 2.75) is 67.2 Å². The Morgan fingerprint density at radius 3 is 2.10 bits per heavy atom. The average Bonchev–Trinajstić information content (AvgIpc) is 2.30. The van der Waals surface area contributed by atoms with Crippen molar-refractivity contribution in [1.82, 2.24) is 0 Å². The lowest BCUT2D eigenvalue weighted by molar-refractivity contribution is 0.336. The summed E-state index contributed by atoms with van der Waals surface area (Å²) in [7, 11) is 2.06. The summed E-state index contributed by atoms with van der Waals surface area (Å²) in [5.74, 6) is 0.233. The highest BCUT2D eigenvalue weighted by Crippen LogP contribution is 2.39. The van der Waals surface area contributed by atoms with Crippen LogP contribution in [0.15, 0.2) is 4.79 Å². The van der Waals surface area contributed by atoms with Gasteiger partial charge in [-0.1, -0.05) is 60.7 Å². The second kappa shape index (κ2) is 6.20. The molecule has 0 amide bonds. The molecular formula is C18H31NOS. The summed E-state index contributed by atoms with van der Waals surface area (Å²) < 4.78 is 0.527. The highest BCUT2D eigenvalue weighted by molar-refractivity contribution is 7.71. The largest absolute Gasteiger partial charge is 0.373 e. The third kappa shape index (κ3) is 4.38. The molecule has 0 aliphatic rings. The lowest BCUT2D eigenvalue weighted by atomic mass is 9.75. The van der Waals surface area contributed by atoms with Gasteiger partial charge in [0.05, 0.1) is 5.69 Å². The number of hydrogen-bond acceptors (Lipinski definition) is 3. The molecule has 1 atom stereocenters. The second-order valence-corrected chi connectivity index (χ2v) is 9.00. The van der Waals surface area contributed by atoms with E-state index in [1.807, 2.05) is 0 Å². The van der Waals surface area contributed by atoms with Crippen LogP contribution in [0, 0.1) is 15.3 Å². The van der Waals surface area contributed by atoms with Crippen molar-refractivity contribution in [2.24, 2.45) is 10.8 Å². The van der Waals surface area contributed by atoms with Crippen LogP contribution in [0.5, 0.6) is 0 Å². The molecule has 0 aliphatic heterocycles. The number of hydrogen-bond donors (Lipinski definition) is 0. The lowest BCUT2D eigenvalue weighted by Crippen LogP contribution is -2.33. The maximum absolute atomic E-state index is 12.2. The summed E-state index contributed by atoms with van der Waals surface area (Å²) in [4.78, 5) is 14.4. The quantitative estimate of drug-likeness (QED) is 0.709. The lowest BCUT2D eigenvalue weighted by Gasteiger charge is -2.33.